The SMILES string of the molecule is CN(C)c1cc(C(=O)N2CC3CN(C(=O)C4CCc5[nH]nnc5C4)CC3C2)cc(OCC2CCOCC2)n1. The maximum atomic E-state index is 13.6. The van der Waals surface area contributed by atoms with Gasteiger partial charge in [0.05, 0.1) is 18.0 Å². The summed E-state index contributed by atoms with van der Waals surface area (Å²) in [6.45, 7) is 4.89. The van der Waals surface area contributed by atoms with E-state index in [1.165, 1.54) is 0 Å². The van der Waals surface area contributed by atoms with E-state index < -0.39 is 0 Å². The Morgan fingerprint density at radius 3 is 2.55 bits per heavy atom. The van der Waals surface area contributed by atoms with Crippen molar-refractivity contribution in [1.82, 2.24) is 30.2 Å². The van der Waals surface area contributed by atoms with Crippen molar-refractivity contribution in [3.63, 3.8) is 0 Å². The van der Waals surface area contributed by atoms with Crippen LogP contribution in [-0.4, -0.2) is 102 Å². The normalized spacial score (nSPS) is 25.3. The molecular formula is C27H37N7O4. The molecule has 11 nitrogen and oxygen atoms in total. The number of nitrogens with zero attached hydrogens (tertiary/aromatic N) is 6. The zero-order valence-electron chi connectivity index (χ0n) is 22.3. The van der Waals surface area contributed by atoms with Crippen LogP contribution in [-0.2, 0) is 22.4 Å². The first kappa shape index (κ1) is 25.1. The van der Waals surface area contributed by atoms with E-state index in [2.05, 4.69) is 20.4 Å². The Bertz CT molecular complexity index is 1160. The van der Waals surface area contributed by atoms with Crippen molar-refractivity contribution in [2.75, 3.05) is 65.0 Å². The number of rotatable bonds is 6. The van der Waals surface area contributed by atoms with Crippen LogP contribution in [0.1, 0.15) is 41.0 Å². The van der Waals surface area contributed by atoms with Crippen molar-refractivity contribution in [2.24, 2.45) is 23.7 Å². The molecule has 0 radical (unpaired) electrons. The molecular weight excluding hydrogens is 486 g/mol. The van der Waals surface area contributed by atoms with Crippen molar-refractivity contribution < 1.29 is 19.1 Å². The van der Waals surface area contributed by atoms with Gasteiger partial charge in [-0.3, -0.25) is 14.7 Å². The minimum atomic E-state index is -0.0232. The number of aryl methyl sites for hydroxylation is 1. The van der Waals surface area contributed by atoms with Gasteiger partial charge >= 0.3 is 0 Å². The molecule has 0 aromatic carbocycles. The lowest BCUT2D eigenvalue weighted by molar-refractivity contribution is -0.135. The van der Waals surface area contributed by atoms with E-state index in [1.54, 1.807) is 6.07 Å². The van der Waals surface area contributed by atoms with Crippen LogP contribution in [0.3, 0.4) is 0 Å². The maximum absolute atomic E-state index is 13.6. The van der Waals surface area contributed by atoms with Gasteiger partial charge in [-0.1, -0.05) is 5.21 Å². The molecule has 204 valence electrons. The molecule has 38 heavy (non-hydrogen) atoms. The van der Waals surface area contributed by atoms with Gasteiger partial charge < -0.3 is 24.2 Å². The van der Waals surface area contributed by atoms with E-state index >= 15 is 0 Å². The average molecular weight is 524 g/mol. The number of hydrogen-bond donors (Lipinski definition) is 1. The number of ether oxygens (including phenoxy) is 2. The molecule has 6 rings (SSSR count). The van der Waals surface area contributed by atoms with Gasteiger partial charge in [0.15, 0.2) is 0 Å². The summed E-state index contributed by atoms with van der Waals surface area (Å²) in [4.78, 5) is 37.3. The van der Waals surface area contributed by atoms with Crippen molar-refractivity contribution in [3.8, 4) is 5.88 Å². The third kappa shape index (κ3) is 5.08. The van der Waals surface area contributed by atoms with Crippen molar-refractivity contribution in [1.29, 1.82) is 0 Å². The number of anilines is 1. The van der Waals surface area contributed by atoms with Crippen LogP contribution >= 0.6 is 0 Å². The number of aromatic amines is 1. The first-order chi connectivity index (χ1) is 18.4. The minimum Gasteiger partial charge on any atom is -0.477 e. The van der Waals surface area contributed by atoms with Crippen molar-refractivity contribution in [3.05, 3.63) is 29.1 Å². The third-order valence-electron chi connectivity index (χ3n) is 8.62. The Kier molecular flexibility index (Phi) is 6.94. The molecule has 3 saturated heterocycles. The Morgan fingerprint density at radius 1 is 1.08 bits per heavy atom. The van der Waals surface area contributed by atoms with E-state index in [4.69, 9.17) is 9.47 Å². The molecule has 11 heteroatoms. The Balaban J connectivity index is 1.07. The number of carbonyl (C=O) groups excluding carboxylic acids is 2. The first-order valence-corrected chi connectivity index (χ1v) is 13.8. The Hall–Kier alpha value is -3.21. The summed E-state index contributed by atoms with van der Waals surface area (Å²) in [7, 11) is 3.83. The summed E-state index contributed by atoms with van der Waals surface area (Å²) in [5.74, 6) is 2.48. The van der Waals surface area contributed by atoms with Gasteiger partial charge in [0.25, 0.3) is 5.91 Å². The summed E-state index contributed by atoms with van der Waals surface area (Å²) in [5.41, 5.74) is 2.59. The predicted octanol–water partition coefficient (Wildman–Crippen LogP) is 1.41. The number of hydrogen-bond acceptors (Lipinski definition) is 8. The Labute approximate surface area is 222 Å². The fraction of sp³-hybridized carbons (Fsp3) is 0.667. The summed E-state index contributed by atoms with van der Waals surface area (Å²) in [5, 5.41) is 11.0. The second-order valence-corrected chi connectivity index (χ2v) is 11.5. The number of likely N-dealkylation sites (tertiary alicyclic amines) is 2. The number of H-pyrrole nitrogens is 1. The van der Waals surface area contributed by atoms with Crippen molar-refractivity contribution >= 4 is 17.6 Å². The monoisotopic (exact) mass is 523 g/mol. The zero-order chi connectivity index (χ0) is 26.2. The number of carbonyl (C=O) groups is 2. The van der Waals surface area contributed by atoms with Crippen LogP contribution in [0.2, 0.25) is 0 Å². The molecule has 3 aliphatic heterocycles. The van der Waals surface area contributed by atoms with Crippen LogP contribution in [0.4, 0.5) is 5.82 Å². The second kappa shape index (κ2) is 10.5. The molecule has 0 bridgehead atoms. The smallest absolute Gasteiger partial charge is 0.254 e. The lowest BCUT2D eigenvalue weighted by atomic mass is 9.89. The van der Waals surface area contributed by atoms with E-state index in [9.17, 15) is 9.59 Å². The number of pyridine rings is 1. The number of fused-ring (bicyclic) bond motifs is 2. The number of nitrogens with one attached hydrogen (secondary N) is 1. The fourth-order valence-electron chi connectivity index (χ4n) is 6.31. The van der Waals surface area contributed by atoms with Gasteiger partial charge in [-0.25, -0.2) is 0 Å². The Morgan fingerprint density at radius 2 is 1.82 bits per heavy atom. The predicted molar refractivity (Wildman–Crippen MR) is 139 cm³/mol. The largest absolute Gasteiger partial charge is 0.477 e. The highest BCUT2D eigenvalue weighted by Crippen LogP contribution is 2.35. The molecule has 0 saturated carbocycles. The lowest BCUT2D eigenvalue weighted by Gasteiger charge is -2.27. The molecule has 1 aliphatic carbocycles. The van der Waals surface area contributed by atoms with E-state index in [1.807, 2.05) is 34.9 Å². The van der Waals surface area contributed by atoms with Crippen molar-refractivity contribution in [2.45, 2.75) is 32.1 Å². The molecule has 2 aromatic heterocycles. The highest BCUT2D eigenvalue weighted by molar-refractivity contribution is 5.95. The molecule has 0 spiro atoms. The third-order valence-corrected chi connectivity index (χ3v) is 8.62. The second-order valence-electron chi connectivity index (χ2n) is 11.5. The molecule has 3 unspecified atom stereocenters. The fourth-order valence-corrected chi connectivity index (χ4v) is 6.31. The van der Waals surface area contributed by atoms with Gasteiger partial charge in [0, 0.05) is 89.3 Å². The van der Waals surface area contributed by atoms with Gasteiger partial charge in [-0.05, 0) is 37.7 Å². The molecule has 3 fully saturated rings. The summed E-state index contributed by atoms with van der Waals surface area (Å²) in [6, 6.07) is 3.62. The molecule has 2 aromatic rings. The highest BCUT2D eigenvalue weighted by Gasteiger charge is 2.44. The van der Waals surface area contributed by atoms with Gasteiger partial charge in [-0.2, -0.15) is 4.98 Å². The molecule has 4 aliphatic rings. The average Bonchev–Trinajstić information content (AvgIpc) is 3.66. The van der Waals surface area contributed by atoms with E-state index in [0.717, 1.165) is 50.3 Å². The van der Waals surface area contributed by atoms with Crippen LogP contribution in [0.15, 0.2) is 12.1 Å². The molecule has 2 amide bonds. The van der Waals surface area contributed by atoms with Gasteiger partial charge in [0.1, 0.15) is 5.82 Å². The van der Waals surface area contributed by atoms with Crippen LogP contribution in [0.5, 0.6) is 5.88 Å². The minimum absolute atomic E-state index is 0.00420. The van der Waals surface area contributed by atoms with Crippen LogP contribution < -0.4 is 9.64 Å². The topological polar surface area (TPSA) is 117 Å². The standard InChI is InChI=1S/C27H37N7O4/c1-32(2)24-10-19(11-25(28-24)38-16-17-5-7-37-8-6-17)27(36)34-14-20-12-33(13-21(20)15-34)26(35)18-3-4-22-23(9-18)30-31-29-22/h10-11,17-18,20-21H,3-9,12-16H2,1-2H3,(H,29,30,31). The summed E-state index contributed by atoms with van der Waals surface area (Å²) < 4.78 is 11.5. The molecule has 3 atom stereocenters. The zero-order valence-corrected chi connectivity index (χ0v) is 22.3. The summed E-state index contributed by atoms with van der Waals surface area (Å²) >= 11 is 0. The number of aromatic nitrogens is 4. The van der Waals surface area contributed by atoms with Gasteiger partial charge in [0.2, 0.25) is 11.8 Å². The van der Waals surface area contributed by atoms with Gasteiger partial charge in [-0.15, -0.1) is 5.10 Å². The maximum Gasteiger partial charge on any atom is 0.254 e. The van der Waals surface area contributed by atoms with Crippen LogP contribution in [0, 0.1) is 23.7 Å². The van der Waals surface area contributed by atoms with E-state index in [0.29, 0.717) is 74.2 Å². The summed E-state index contributed by atoms with van der Waals surface area (Å²) in [6.07, 6.45) is 4.29. The first-order valence-electron chi connectivity index (χ1n) is 13.8. The van der Waals surface area contributed by atoms with Crippen LogP contribution in [0.25, 0.3) is 0 Å². The number of amides is 2. The molecule has 5 heterocycles. The lowest BCUT2D eigenvalue weighted by Crippen LogP contribution is -2.40. The highest BCUT2D eigenvalue weighted by atomic mass is 16.5. The molecule has 1 N–H and O–H groups in total. The van der Waals surface area contributed by atoms with E-state index in [-0.39, 0.29) is 17.7 Å². The quantitative estimate of drug-likeness (QED) is 0.604.